The van der Waals surface area contributed by atoms with Gasteiger partial charge in [0, 0.05) is 44.2 Å². The average Bonchev–Trinajstić information content (AvgIpc) is 2.72. The largest absolute Gasteiger partial charge is 0.483 e. The van der Waals surface area contributed by atoms with Gasteiger partial charge in [-0.3, -0.25) is 0 Å². The van der Waals surface area contributed by atoms with Crippen LogP contribution in [0.4, 0.5) is 0 Å². The fourth-order valence-electron chi connectivity index (χ4n) is 2.13. The first kappa shape index (κ1) is 20.9. The van der Waals surface area contributed by atoms with Crippen molar-refractivity contribution in [1.82, 2.24) is 0 Å². The second-order valence-corrected chi connectivity index (χ2v) is 5.30. The van der Waals surface area contributed by atoms with Crippen LogP contribution in [0.15, 0.2) is 109 Å². The quantitative estimate of drug-likeness (QED) is 0.344. The molecule has 0 aromatic heterocycles. The Bertz CT molecular complexity index is 715. The van der Waals surface area contributed by atoms with Gasteiger partial charge in [0.15, 0.2) is 0 Å². The van der Waals surface area contributed by atoms with E-state index in [0.717, 1.165) is 23.0 Å². The Balaban J connectivity index is 0.000000187. The maximum atomic E-state index is 5.56. The van der Waals surface area contributed by atoms with Gasteiger partial charge in [-0.1, -0.05) is 36.4 Å². The summed E-state index contributed by atoms with van der Waals surface area (Å²) in [5.74, 6) is 3.39. The van der Waals surface area contributed by atoms with Crippen molar-refractivity contribution >= 4 is 0 Å². The molecule has 3 heteroatoms. The SMILES string of the molecule is [Y].[c-]1ccc(Oc2ccccc2)cc1.[c-]1ccc(Oc2ccccc2)cc1. The minimum atomic E-state index is 0. The molecule has 4 aromatic rings. The Labute approximate surface area is 185 Å². The zero-order valence-electron chi connectivity index (χ0n) is 14.8. The maximum absolute atomic E-state index is 5.56. The summed E-state index contributed by atoms with van der Waals surface area (Å²) in [5.41, 5.74) is 0. The molecule has 0 aliphatic rings. The van der Waals surface area contributed by atoms with Crippen LogP contribution in [0.25, 0.3) is 0 Å². The first-order chi connectivity index (χ1) is 12.9. The van der Waals surface area contributed by atoms with Crippen LogP contribution < -0.4 is 9.47 Å². The molecule has 0 bridgehead atoms. The van der Waals surface area contributed by atoms with Crippen molar-refractivity contribution in [3.8, 4) is 23.0 Å². The van der Waals surface area contributed by atoms with E-state index in [2.05, 4.69) is 12.1 Å². The second kappa shape index (κ2) is 12.1. The average molecular weight is 427 g/mol. The van der Waals surface area contributed by atoms with Crippen molar-refractivity contribution in [2.75, 3.05) is 0 Å². The molecular formula is C24H18O2Y-2. The van der Waals surface area contributed by atoms with E-state index >= 15 is 0 Å². The van der Waals surface area contributed by atoms with Gasteiger partial charge in [0.05, 0.1) is 0 Å². The molecule has 0 unspecified atom stereocenters. The molecule has 27 heavy (non-hydrogen) atoms. The molecule has 0 spiro atoms. The molecule has 0 fully saturated rings. The summed E-state index contributed by atoms with van der Waals surface area (Å²) in [4.78, 5) is 0. The molecule has 0 amide bonds. The van der Waals surface area contributed by atoms with Gasteiger partial charge in [-0.25, -0.2) is 0 Å². The molecule has 2 nitrogen and oxygen atoms in total. The summed E-state index contributed by atoms with van der Waals surface area (Å²) in [5, 5.41) is 0. The predicted molar refractivity (Wildman–Crippen MR) is 104 cm³/mol. The van der Waals surface area contributed by atoms with Crippen LogP contribution in [0.5, 0.6) is 23.0 Å². The number of rotatable bonds is 4. The van der Waals surface area contributed by atoms with Gasteiger partial charge in [-0.05, 0) is 24.3 Å². The fraction of sp³-hybridized carbons (Fsp3) is 0. The molecule has 0 saturated heterocycles. The normalized spacial score (nSPS) is 9.19. The monoisotopic (exact) mass is 427 g/mol. The molecule has 0 aliphatic heterocycles. The molecule has 4 aromatic carbocycles. The number of hydrogen-bond donors (Lipinski definition) is 0. The fourth-order valence-corrected chi connectivity index (χ4v) is 2.13. The summed E-state index contributed by atoms with van der Waals surface area (Å²) in [7, 11) is 0. The molecule has 1 radical (unpaired) electrons. The zero-order valence-corrected chi connectivity index (χ0v) is 17.6. The van der Waals surface area contributed by atoms with E-state index in [1.54, 1.807) is 0 Å². The van der Waals surface area contributed by atoms with Crippen molar-refractivity contribution in [3.05, 3.63) is 121 Å². The van der Waals surface area contributed by atoms with Gasteiger partial charge in [0.1, 0.15) is 11.5 Å². The van der Waals surface area contributed by atoms with E-state index in [9.17, 15) is 0 Å². The van der Waals surface area contributed by atoms with Crippen molar-refractivity contribution < 1.29 is 42.2 Å². The molecule has 0 N–H and O–H groups in total. The Morgan fingerprint density at radius 2 is 0.704 bits per heavy atom. The molecule has 0 heterocycles. The molecular weight excluding hydrogens is 409 g/mol. The summed E-state index contributed by atoms with van der Waals surface area (Å²) < 4.78 is 11.1. The predicted octanol–water partition coefficient (Wildman–Crippen LogP) is 6.56. The summed E-state index contributed by atoms with van der Waals surface area (Å²) in [6.07, 6.45) is 0. The van der Waals surface area contributed by atoms with Crippen LogP contribution in [0.3, 0.4) is 0 Å². The van der Waals surface area contributed by atoms with Crippen LogP contribution in [0.2, 0.25) is 0 Å². The molecule has 131 valence electrons. The van der Waals surface area contributed by atoms with E-state index in [1.807, 2.05) is 109 Å². The second-order valence-electron chi connectivity index (χ2n) is 5.30. The van der Waals surface area contributed by atoms with E-state index in [-0.39, 0.29) is 32.7 Å². The zero-order chi connectivity index (χ0) is 17.9. The Morgan fingerprint density at radius 3 is 1.04 bits per heavy atom. The van der Waals surface area contributed by atoms with E-state index < -0.39 is 0 Å². The van der Waals surface area contributed by atoms with Crippen molar-refractivity contribution in [2.24, 2.45) is 0 Å². The molecule has 0 saturated carbocycles. The van der Waals surface area contributed by atoms with Gasteiger partial charge in [-0.15, -0.1) is 24.3 Å². The first-order valence-electron chi connectivity index (χ1n) is 8.28. The summed E-state index contributed by atoms with van der Waals surface area (Å²) in [6.45, 7) is 0. The third kappa shape index (κ3) is 7.78. The smallest absolute Gasteiger partial charge is 0.124 e. The van der Waals surface area contributed by atoms with E-state index in [0.29, 0.717) is 0 Å². The van der Waals surface area contributed by atoms with Crippen LogP contribution >= 0.6 is 0 Å². The minimum Gasteiger partial charge on any atom is -0.483 e. The van der Waals surface area contributed by atoms with Gasteiger partial charge in [0.25, 0.3) is 0 Å². The minimum absolute atomic E-state index is 0. The van der Waals surface area contributed by atoms with Crippen LogP contribution in [-0.2, 0) is 32.7 Å². The van der Waals surface area contributed by atoms with E-state index in [1.165, 1.54) is 0 Å². The number of para-hydroxylation sites is 2. The Hall–Kier alpha value is -2.42. The third-order valence-electron chi connectivity index (χ3n) is 3.33. The number of ether oxygens (including phenoxy) is 2. The van der Waals surface area contributed by atoms with Crippen LogP contribution in [0.1, 0.15) is 0 Å². The van der Waals surface area contributed by atoms with Gasteiger partial charge in [0.2, 0.25) is 0 Å². The van der Waals surface area contributed by atoms with Gasteiger partial charge in [-0.2, -0.15) is 36.4 Å². The Kier molecular flexibility index (Phi) is 9.33. The van der Waals surface area contributed by atoms with Crippen molar-refractivity contribution in [2.45, 2.75) is 0 Å². The van der Waals surface area contributed by atoms with Gasteiger partial charge >= 0.3 is 0 Å². The molecule has 0 aliphatic carbocycles. The number of benzene rings is 4. The van der Waals surface area contributed by atoms with Crippen LogP contribution in [0, 0.1) is 12.1 Å². The molecule has 4 rings (SSSR count). The third-order valence-corrected chi connectivity index (χ3v) is 3.33. The standard InChI is InChI=1S/2C12H9O.Y/c2*1-3-7-11(8-4-1)13-12-9-5-2-6-10-12;/h2*1,3-10H;/q2*-1;. The molecule has 0 atom stereocenters. The summed E-state index contributed by atoms with van der Waals surface area (Å²) >= 11 is 0. The first-order valence-corrected chi connectivity index (χ1v) is 8.28. The number of hydrogen-bond acceptors (Lipinski definition) is 2. The van der Waals surface area contributed by atoms with Gasteiger partial charge < -0.3 is 9.47 Å². The maximum Gasteiger partial charge on any atom is 0.124 e. The Morgan fingerprint density at radius 1 is 0.407 bits per heavy atom. The van der Waals surface area contributed by atoms with Crippen LogP contribution in [-0.4, -0.2) is 0 Å². The van der Waals surface area contributed by atoms with Crippen molar-refractivity contribution in [1.29, 1.82) is 0 Å². The van der Waals surface area contributed by atoms with E-state index in [4.69, 9.17) is 9.47 Å². The summed E-state index contributed by atoms with van der Waals surface area (Å²) in [6, 6.07) is 40.2. The van der Waals surface area contributed by atoms with Crippen molar-refractivity contribution in [3.63, 3.8) is 0 Å². The topological polar surface area (TPSA) is 18.5 Å².